The molecule has 0 saturated heterocycles. The first kappa shape index (κ1) is 16.2. The van der Waals surface area contributed by atoms with Gasteiger partial charge in [-0.25, -0.2) is 4.79 Å². The molecule has 0 aliphatic rings. The molecule has 2 N–H and O–H groups in total. The average Bonchev–Trinajstić information content (AvgIpc) is 2.49. The Kier molecular flexibility index (Phi) is 7.39. The molecule has 0 aliphatic heterocycles. The van der Waals surface area contributed by atoms with Crippen molar-refractivity contribution in [1.29, 1.82) is 0 Å². The summed E-state index contributed by atoms with van der Waals surface area (Å²) in [6, 6.07) is 9.19. The second-order valence-electron chi connectivity index (χ2n) is 4.26. The van der Waals surface area contributed by atoms with Crippen molar-refractivity contribution in [2.45, 2.75) is 19.4 Å². The first-order valence-electron chi connectivity index (χ1n) is 6.44. The van der Waals surface area contributed by atoms with E-state index in [1.807, 2.05) is 18.2 Å². The Bertz CT molecular complexity index is 427. The molecule has 1 rings (SSSR count). The minimum absolute atomic E-state index is 0.0241. The molecule has 0 fully saturated rings. The number of aliphatic hydroxyl groups excluding tert-OH is 2. The van der Waals surface area contributed by atoms with Crippen LogP contribution in [0.2, 0.25) is 0 Å². The lowest BCUT2D eigenvalue weighted by Gasteiger charge is -2.11. The molecule has 20 heavy (non-hydrogen) atoms. The van der Waals surface area contributed by atoms with E-state index in [1.165, 1.54) is 0 Å². The maximum absolute atomic E-state index is 11.4. The minimum atomic E-state index is -0.698. The third kappa shape index (κ3) is 6.36. The number of carbonyl (C=O) groups excluding carboxylic acids is 1. The van der Waals surface area contributed by atoms with E-state index in [1.54, 1.807) is 25.1 Å². The Morgan fingerprint density at radius 3 is 2.70 bits per heavy atom. The molecular weight excluding hydrogens is 260 g/mol. The summed E-state index contributed by atoms with van der Waals surface area (Å²) >= 11 is 0. The molecule has 0 amide bonds. The summed E-state index contributed by atoms with van der Waals surface area (Å²) < 4.78 is 10.1. The van der Waals surface area contributed by atoms with Crippen molar-refractivity contribution in [3.63, 3.8) is 0 Å². The molecule has 1 unspecified atom stereocenters. The first-order chi connectivity index (χ1) is 9.63. The molecule has 5 nitrogen and oxygen atoms in total. The lowest BCUT2D eigenvalue weighted by Crippen LogP contribution is -2.17. The maximum Gasteiger partial charge on any atom is 0.333 e. The van der Waals surface area contributed by atoms with Gasteiger partial charge >= 0.3 is 5.97 Å². The lowest BCUT2D eigenvalue weighted by molar-refractivity contribution is -0.139. The van der Waals surface area contributed by atoms with Crippen molar-refractivity contribution in [1.82, 2.24) is 0 Å². The summed E-state index contributed by atoms with van der Waals surface area (Å²) in [6.07, 6.45) is 1.20. The SMILES string of the molecule is CC(=CCC(O)COc1ccccc1)C(=O)OCCO. The minimum Gasteiger partial charge on any atom is -0.491 e. The van der Waals surface area contributed by atoms with E-state index in [0.717, 1.165) is 0 Å². The van der Waals surface area contributed by atoms with Gasteiger partial charge in [-0.1, -0.05) is 24.3 Å². The van der Waals surface area contributed by atoms with Crippen LogP contribution >= 0.6 is 0 Å². The number of hydrogen-bond donors (Lipinski definition) is 2. The van der Waals surface area contributed by atoms with Gasteiger partial charge in [0.2, 0.25) is 0 Å². The Balaban J connectivity index is 2.31. The molecule has 0 radical (unpaired) electrons. The molecule has 1 atom stereocenters. The van der Waals surface area contributed by atoms with E-state index in [0.29, 0.717) is 17.7 Å². The second kappa shape index (κ2) is 9.12. The number of ether oxygens (including phenoxy) is 2. The molecule has 0 aromatic heterocycles. The number of benzene rings is 1. The van der Waals surface area contributed by atoms with Gasteiger partial charge in [0, 0.05) is 5.57 Å². The smallest absolute Gasteiger partial charge is 0.333 e. The number of esters is 1. The van der Waals surface area contributed by atoms with Crippen molar-refractivity contribution in [2.24, 2.45) is 0 Å². The normalized spacial score (nSPS) is 12.8. The van der Waals surface area contributed by atoms with Crippen LogP contribution in [0.25, 0.3) is 0 Å². The predicted molar refractivity (Wildman–Crippen MR) is 74.4 cm³/mol. The van der Waals surface area contributed by atoms with Gasteiger partial charge < -0.3 is 19.7 Å². The third-order valence-corrected chi connectivity index (χ3v) is 2.53. The van der Waals surface area contributed by atoms with Gasteiger partial charge in [-0.05, 0) is 25.5 Å². The van der Waals surface area contributed by atoms with Crippen LogP contribution in [0, 0.1) is 0 Å². The van der Waals surface area contributed by atoms with Crippen LogP contribution < -0.4 is 4.74 Å². The summed E-state index contributed by atoms with van der Waals surface area (Å²) in [5.74, 6) is 0.199. The van der Waals surface area contributed by atoms with Gasteiger partial charge in [0.1, 0.15) is 19.0 Å². The monoisotopic (exact) mass is 280 g/mol. The summed E-state index contributed by atoms with van der Waals surface area (Å²) in [6.45, 7) is 1.53. The van der Waals surface area contributed by atoms with Crippen LogP contribution in [0.15, 0.2) is 42.0 Å². The summed E-state index contributed by atoms with van der Waals surface area (Å²) in [5, 5.41) is 18.3. The molecule has 0 aliphatic carbocycles. The van der Waals surface area contributed by atoms with Gasteiger partial charge in [0.25, 0.3) is 0 Å². The Morgan fingerprint density at radius 2 is 2.05 bits per heavy atom. The van der Waals surface area contributed by atoms with Gasteiger partial charge in [0.15, 0.2) is 0 Å². The number of hydrogen-bond acceptors (Lipinski definition) is 5. The van der Waals surface area contributed by atoms with Gasteiger partial charge in [-0.3, -0.25) is 0 Å². The standard InChI is InChI=1S/C15H20O5/c1-12(15(18)19-10-9-16)7-8-13(17)11-20-14-5-3-2-4-6-14/h2-7,13,16-17H,8-11H2,1H3. The van der Waals surface area contributed by atoms with E-state index in [2.05, 4.69) is 0 Å². The fourth-order valence-corrected chi connectivity index (χ4v) is 1.43. The highest BCUT2D eigenvalue weighted by Gasteiger charge is 2.08. The maximum atomic E-state index is 11.4. The first-order valence-corrected chi connectivity index (χ1v) is 6.44. The largest absolute Gasteiger partial charge is 0.491 e. The Hall–Kier alpha value is -1.85. The molecule has 110 valence electrons. The van der Waals surface area contributed by atoms with Crippen LogP contribution in [0.1, 0.15) is 13.3 Å². The molecule has 1 aromatic carbocycles. The summed E-state index contributed by atoms with van der Waals surface area (Å²) in [4.78, 5) is 11.4. The highest BCUT2D eigenvalue weighted by atomic mass is 16.5. The van der Waals surface area contributed by atoms with Crippen molar-refractivity contribution in [2.75, 3.05) is 19.8 Å². The average molecular weight is 280 g/mol. The molecule has 0 spiro atoms. The molecule has 0 heterocycles. The molecular formula is C15H20O5. The molecule has 0 saturated carbocycles. The fraction of sp³-hybridized carbons (Fsp3) is 0.400. The summed E-state index contributed by atoms with van der Waals surface area (Å²) in [5.41, 5.74) is 0.400. The quantitative estimate of drug-likeness (QED) is 0.554. The third-order valence-electron chi connectivity index (χ3n) is 2.53. The number of rotatable bonds is 8. The summed E-state index contributed by atoms with van der Waals surface area (Å²) in [7, 11) is 0. The highest BCUT2D eigenvalue weighted by molar-refractivity contribution is 5.87. The van der Waals surface area contributed by atoms with E-state index in [9.17, 15) is 9.90 Å². The van der Waals surface area contributed by atoms with Crippen LogP contribution in [-0.2, 0) is 9.53 Å². The topological polar surface area (TPSA) is 76.0 Å². The second-order valence-corrected chi connectivity index (χ2v) is 4.26. The predicted octanol–water partition coefficient (Wildman–Crippen LogP) is 1.30. The number of aliphatic hydroxyl groups is 2. The van der Waals surface area contributed by atoms with Gasteiger partial charge in [-0.15, -0.1) is 0 Å². The van der Waals surface area contributed by atoms with Gasteiger partial charge in [-0.2, -0.15) is 0 Å². The van der Waals surface area contributed by atoms with E-state index < -0.39 is 12.1 Å². The van der Waals surface area contributed by atoms with E-state index in [4.69, 9.17) is 14.6 Å². The van der Waals surface area contributed by atoms with Crippen molar-refractivity contribution < 1.29 is 24.5 Å². The van der Waals surface area contributed by atoms with E-state index >= 15 is 0 Å². The molecule has 0 bridgehead atoms. The number of para-hydroxylation sites is 1. The zero-order valence-corrected chi connectivity index (χ0v) is 11.5. The van der Waals surface area contributed by atoms with Crippen molar-refractivity contribution in [3.05, 3.63) is 42.0 Å². The highest BCUT2D eigenvalue weighted by Crippen LogP contribution is 2.10. The van der Waals surface area contributed by atoms with Crippen LogP contribution in [0.4, 0.5) is 0 Å². The van der Waals surface area contributed by atoms with Crippen LogP contribution in [-0.4, -0.2) is 42.1 Å². The molecule has 5 heteroatoms. The zero-order chi connectivity index (χ0) is 14.8. The van der Waals surface area contributed by atoms with Crippen LogP contribution in [0.5, 0.6) is 5.75 Å². The van der Waals surface area contributed by atoms with Crippen molar-refractivity contribution in [3.8, 4) is 5.75 Å². The van der Waals surface area contributed by atoms with Crippen molar-refractivity contribution >= 4 is 5.97 Å². The fourth-order valence-electron chi connectivity index (χ4n) is 1.43. The van der Waals surface area contributed by atoms with Gasteiger partial charge in [0.05, 0.1) is 12.7 Å². The zero-order valence-electron chi connectivity index (χ0n) is 11.5. The Morgan fingerprint density at radius 1 is 1.35 bits per heavy atom. The Labute approximate surface area is 118 Å². The van der Waals surface area contributed by atoms with Crippen LogP contribution in [0.3, 0.4) is 0 Å². The molecule has 1 aromatic rings. The van der Waals surface area contributed by atoms with E-state index in [-0.39, 0.29) is 19.8 Å². The lowest BCUT2D eigenvalue weighted by atomic mass is 10.2. The number of carbonyl (C=O) groups is 1.